The second-order valence-electron chi connectivity index (χ2n) is 4.18. The van der Waals surface area contributed by atoms with Crippen molar-refractivity contribution in [1.29, 1.82) is 0 Å². The standard InChI is InChI=1S/C14H15NO6/c1-18-7-8-4-9(19-2)5-11(20-3)13(8)12-6-10(14(16)17)15-21-12/h4-6H,7H2,1-3H3,(H,16,17). The molecule has 7 heteroatoms. The molecule has 0 spiro atoms. The van der Waals surface area contributed by atoms with Crippen molar-refractivity contribution in [1.82, 2.24) is 5.16 Å². The van der Waals surface area contributed by atoms with Crippen LogP contribution >= 0.6 is 0 Å². The smallest absolute Gasteiger partial charge is 0.358 e. The van der Waals surface area contributed by atoms with Gasteiger partial charge in [-0.15, -0.1) is 0 Å². The molecular weight excluding hydrogens is 278 g/mol. The van der Waals surface area contributed by atoms with Gasteiger partial charge in [0.05, 0.1) is 26.4 Å². The van der Waals surface area contributed by atoms with Crippen molar-refractivity contribution in [3.63, 3.8) is 0 Å². The molecule has 2 aromatic rings. The van der Waals surface area contributed by atoms with Gasteiger partial charge in [0.2, 0.25) is 0 Å². The summed E-state index contributed by atoms with van der Waals surface area (Å²) >= 11 is 0. The third-order valence-corrected chi connectivity index (χ3v) is 2.89. The molecule has 0 aliphatic heterocycles. The Morgan fingerprint density at radius 2 is 2.00 bits per heavy atom. The van der Waals surface area contributed by atoms with E-state index in [1.165, 1.54) is 13.2 Å². The number of hydrogen-bond acceptors (Lipinski definition) is 6. The highest BCUT2D eigenvalue weighted by atomic mass is 16.5. The van der Waals surface area contributed by atoms with Crippen molar-refractivity contribution in [2.45, 2.75) is 6.61 Å². The van der Waals surface area contributed by atoms with Crippen LogP contribution in [0.25, 0.3) is 11.3 Å². The van der Waals surface area contributed by atoms with Crippen LogP contribution in [0.4, 0.5) is 0 Å². The number of aromatic carboxylic acids is 1. The number of benzene rings is 1. The zero-order valence-electron chi connectivity index (χ0n) is 11.9. The average Bonchev–Trinajstić information content (AvgIpc) is 2.96. The Labute approximate surface area is 121 Å². The summed E-state index contributed by atoms with van der Waals surface area (Å²) in [5, 5.41) is 12.4. The fourth-order valence-corrected chi connectivity index (χ4v) is 1.97. The predicted molar refractivity (Wildman–Crippen MR) is 72.7 cm³/mol. The molecule has 0 bridgehead atoms. The molecule has 1 aromatic heterocycles. The first-order chi connectivity index (χ1) is 10.1. The van der Waals surface area contributed by atoms with E-state index >= 15 is 0 Å². The van der Waals surface area contributed by atoms with E-state index in [1.54, 1.807) is 26.4 Å². The zero-order valence-corrected chi connectivity index (χ0v) is 11.9. The van der Waals surface area contributed by atoms with Crippen LogP contribution in [-0.2, 0) is 11.3 Å². The van der Waals surface area contributed by atoms with Crippen LogP contribution in [0.15, 0.2) is 22.7 Å². The molecule has 1 heterocycles. The van der Waals surface area contributed by atoms with Crippen molar-refractivity contribution >= 4 is 5.97 Å². The maximum Gasteiger partial charge on any atom is 0.358 e. The lowest BCUT2D eigenvalue weighted by Crippen LogP contribution is -1.98. The lowest BCUT2D eigenvalue weighted by molar-refractivity contribution is 0.0686. The Balaban J connectivity index is 2.60. The Kier molecular flexibility index (Phi) is 4.44. The normalized spacial score (nSPS) is 10.4. The number of ether oxygens (including phenoxy) is 3. The van der Waals surface area contributed by atoms with Crippen molar-refractivity contribution in [3.05, 3.63) is 29.5 Å². The van der Waals surface area contributed by atoms with Gasteiger partial charge in [-0.3, -0.25) is 0 Å². The Morgan fingerprint density at radius 1 is 1.24 bits per heavy atom. The third kappa shape index (κ3) is 2.97. The monoisotopic (exact) mass is 293 g/mol. The van der Waals surface area contributed by atoms with Gasteiger partial charge in [0.1, 0.15) is 11.5 Å². The maximum absolute atomic E-state index is 10.9. The topological polar surface area (TPSA) is 91.0 Å². The minimum absolute atomic E-state index is 0.175. The van der Waals surface area contributed by atoms with Gasteiger partial charge in [0, 0.05) is 19.2 Å². The molecule has 0 radical (unpaired) electrons. The summed E-state index contributed by atoms with van der Waals surface area (Å²) in [7, 11) is 4.60. The number of nitrogens with zero attached hydrogens (tertiary/aromatic N) is 1. The van der Waals surface area contributed by atoms with Crippen molar-refractivity contribution < 1.29 is 28.6 Å². The van der Waals surface area contributed by atoms with Gasteiger partial charge in [-0.1, -0.05) is 5.16 Å². The van der Waals surface area contributed by atoms with Crippen molar-refractivity contribution in [2.75, 3.05) is 21.3 Å². The van der Waals surface area contributed by atoms with Crippen LogP contribution in [-0.4, -0.2) is 37.6 Å². The summed E-state index contributed by atoms with van der Waals surface area (Å²) in [6, 6.07) is 4.79. The van der Waals surface area contributed by atoms with E-state index in [4.69, 9.17) is 23.8 Å². The molecule has 0 fully saturated rings. The molecule has 0 aliphatic rings. The number of methoxy groups -OCH3 is 3. The molecule has 0 atom stereocenters. The lowest BCUT2D eigenvalue weighted by atomic mass is 10.0. The maximum atomic E-state index is 10.9. The summed E-state index contributed by atoms with van der Waals surface area (Å²) in [6.07, 6.45) is 0. The molecule has 112 valence electrons. The van der Waals surface area contributed by atoms with E-state index in [0.717, 1.165) is 5.56 Å². The molecule has 0 amide bonds. The highest BCUT2D eigenvalue weighted by molar-refractivity contribution is 5.87. The van der Waals surface area contributed by atoms with Gasteiger partial charge in [0.25, 0.3) is 0 Å². The van der Waals surface area contributed by atoms with Crippen LogP contribution in [0.2, 0.25) is 0 Å². The predicted octanol–water partition coefficient (Wildman–Crippen LogP) is 2.20. The fourth-order valence-electron chi connectivity index (χ4n) is 1.97. The first-order valence-electron chi connectivity index (χ1n) is 6.05. The van der Waals surface area contributed by atoms with E-state index in [2.05, 4.69) is 5.16 Å². The number of carboxylic acid groups (broad SMARTS) is 1. The quantitative estimate of drug-likeness (QED) is 0.872. The average molecular weight is 293 g/mol. The molecular formula is C14H15NO6. The molecule has 0 saturated carbocycles. The second-order valence-corrected chi connectivity index (χ2v) is 4.18. The Hall–Kier alpha value is -2.54. The number of carboxylic acids is 1. The highest BCUT2D eigenvalue weighted by Crippen LogP contribution is 2.37. The second kappa shape index (κ2) is 6.27. The number of aromatic nitrogens is 1. The summed E-state index contributed by atoms with van der Waals surface area (Å²) in [5.41, 5.74) is 1.15. The Bertz CT molecular complexity index is 649. The van der Waals surface area contributed by atoms with Gasteiger partial charge in [-0.05, 0) is 11.6 Å². The minimum Gasteiger partial charge on any atom is -0.497 e. The first-order valence-corrected chi connectivity index (χ1v) is 6.05. The van der Waals surface area contributed by atoms with Crippen LogP contribution < -0.4 is 9.47 Å². The Morgan fingerprint density at radius 3 is 2.52 bits per heavy atom. The molecule has 2 rings (SSSR count). The molecule has 0 saturated heterocycles. The largest absolute Gasteiger partial charge is 0.497 e. The van der Waals surface area contributed by atoms with Gasteiger partial charge in [-0.2, -0.15) is 0 Å². The van der Waals surface area contributed by atoms with Gasteiger partial charge < -0.3 is 23.8 Å². The minimum atomic E-state index is -1.16. The first kappa shape index (κ1) is 14.9. The number of hydrogen-bond donors (Lipinski definition) is 1. The van der Waals surface area contributed by atoms with Gasteiger partial charge in [-0.25, -0.2) is 4.79 Å². The van der Waals surface area contributed by atoms with E-state index in [-0.39, 0.29) is 12.3 Å². The van der Waals surface area contributed by atoms with E-state index in [0.29, 0.717) is 22.8 Å². The molecule has 1 aromatic carbocycles. The summed E-state index contributed by atoms with van der Waals surface area (Å²) in [5.74, 6) is 0.208. The lowest BCUT2D eigenvalue weighted by Gasteiger charge is -2.13. The molecule has 7 nitrogen and oxygen atoms in total. The van der Waals surface area contributed by atoms with E-state index < -0.39 is 5.97 Å². The van der Waals surface area contributed by atoms with Gasteiger partial charge >= 0.3 is 5.97 Å². The molecule has 0 unspecified atom stereocenters. The summed E-state index contributed by atoms with van der Waals surface area (Å²) < 4.78 is 20.8. The number of rotatable bonds is 6. The SMILES string of the molecule is COCc1cc(OC)cc(OC)c1-c1cc(C(=O)O)no1. The van der Waals surface area contributed by atoms with Crippen molar-refractivity contribution in [2.24, 2.45) is 0 Å². The van der Waals surface area contributed by atoms with E-state index in [1.807, 2.05) is 0 Å². The zero-order chi connectivity index (χ0) is 15.4. The molecule has 1 N–H and O–H groups in total. The van der Waals surface area contributed by atoms with Crippen molar-refractivity contribution in [3.8, 4) is 22.8 Å². The van der Waals surface area contributed by atoms with Crippen LogP contribution in [0.3, 0.4) is 0 Å². The fraction of sp³-hybridized carbons (Fsp3) is 0.286. The van der Waals surface area contributed by atoms with E-state index in [9.17, 15) is 4.79 Å². The molecule has 21 heavy (non-hydrogen) atoms. The highest BCUT2D eigenvalue weighted by Gasteiger charge is 2.20. The third-order valence-electron chi connectivity index (χ3n) is 2.89. The van der Waals surface area contributed by atoms with Gasteiger partial charge in [0.15, 0.2) is 11.5 Å². The number of carbonyl (C=O) groups is 1. The summed E-state index contributed by atoms with van der Waals surface area (Å²) in [6.45, 7) is 0.284. The summed E-state index contributed by atoms with van der Waals surface area (Å²) in [4.78, 5) is 10.9. The van der Waals surface area contributed by atoms with Crippen LogP contribution in [0.1, 0.15) is 16.1 Å². The molecule has 0 aliphatic carbocycles. The van der Waals surface area contributed by atoms with Crippen LogP contribution in [0, 0.1) is 0 Å². The van der Waals surface area contributed by atoms with Crippen LogP contribution in [0.5, 0.6) is 11.5 Å².